The van der Waals surface area contributed by atoms with Gasteiger partial charge in [0, 0.05) is 25.5 Å². The van der Waals surface area contributed by atoms with E-state index in [-0.39, 0.29) is 0 Å². The summed E-state index contributed by atoms with van der Waals surface area (Å²) in [7, 11) is 0. The van der Waals surface area contributed by atoms with E-state index in [2.05, 4.69) is 27.5 Å². The molecule has 1 aromatic heterocycles. The number of aryl methyl sites for hydroxylation is 1. The molecule has 1 aliphatic heterocycles. The molecule has 2 heterocycles. The number of rotatable bonds is 2. The van der Waals surface area contributed by atoms with Gasteiger partial charge < -0.3 is 10.6 Å². The van der Waals surface area contributed by atoms with Crippen molar-refractivity contribution in [3.05, 3.63) is 29.6 Å². The average molecular weight is 190 g/mol. The first-order valence-electron chi connectivity index (χ1n) is 4.78. The Bertz CT molecular complexity index is 346. The van der Waals surface area contributed by atoms with E-state index in [1.165, 1.54) is 11.1 Å². The van der Waals surface area contributed by atoms with Crippen molar-refractivity contribution in [3.63, 3.8) is 0 Å². The summed E-state index contributed by atoms with van der Waals surface area (Å²) in [4.78, 5) is 8.34. The van der Waals surface area contributed by atoms with Crippen LogP contribution >= 0.6 is 0 Å². The van der Waals surface area contributed by atoms with Crippen molar-refractivity contribution in [2.45, 2.75) is 13.5 Å². The minimum atomic E-state index is 0.783. The lowest BCUT2D eigenvalue weighted by Gasteiger charge is -2.07. The molecule has 2 rings (SSSR count). The molecule has 4 heteroatoms. The standard InChI is InChI=1S/C10H14N4/c1-8-2-3-11-6-9(8)7-14-10-12-4-5-13-10/h2-3,6H,4-5,7H2,1H3,(H2,12,13,14). The van der Waals surface area contributed by atoms with Gasteiger partial charge in [0.15, 0.2) is 5.96 Å². The van der Waals surface area contributed by atoms with Gasteiger partial charge in [0.25, 0.3) is 0 Å². The first kappa shape index (κ1) is 8.99. The van der Waals surface area contributed by atoms with E-state index < -0.39 is 0 Å². The lowest BCUT2D eigenvalue weighted by molar-refractivity contribution is 0.856. The number of aliphatic imine (C=N–C) groups is 1. The number of hydrogen-bond acceptors (Lipinski definition) is 4. The van der Waals surface area contributed by atoms with Gasteiger partial charge in [-0.15, -0.1) is 0 Å². The van der Waals surface area contributed by atoms with Gasteiger partial charge in [-0.2, -0.15) is 0 Å². The van der Waals surface area contributed by atoms with E-state index in [1.807, 2.05) is 18.5 Å². The van der Waals surface area contributed by atoms with Crippen LogP contribution in [0.3, 0.4) is 0 Å². The fourth-order valence-corrected chi connectivity index (χ4v) is 1.38. The Hall–Kier alpha value is -1.58. The molecule has 0 fully saturated rings. The van der Waals surface area contributed by atoms with Crippen LogP contribution in [0.2, 0.25) is 0 Å². The van der Waals surface area contributed by atoms with Crippen molar-refractivity contribution >= 4 is 5.96 Å². The van der Waals surface area contributed by atoms with Crippen LogP contribution in [-0.2, 0) is 6.54 Å². The molecule has 0 atom stereocenters. The Morgan fingerprint density at radius 1 is 1.57 bits per heavy atom. The Morgan fingerprint density at radius 3 is 3.21 bits per heavy atom. The van der Waals surface area contributed by atoms with Crippen LogP contribution < -0.4 is 10.6 Å². The zero-order valence-electron chi connectivity index (χ0n) is 8.25. The molecule has 0 amide bonds. The molecule has 0 unspecified atom stereocenters. The predicted molar refractivity (Wildman–Crippen MR) is 56.1 cm³/mol. The molecule has 0 spiro atoms. The summed E-state index contributed by atoms with van der Waals surface area (Å²) < 4.78 is 0. The summed E-state index contributed by atoms with van der Waals surface area (Å²) in [5, 5.41) is 6.40. The summed E-state index contributed by atoms with van der Waals surface area (Å²) in [5.74, 6) is 0.897. The Labute approximate surface area is 83.5 Å². The topological polar surface area (TPSA) is 49.3 Å². The molecule has 1 aliphatic rings. The van der Waals surface area contributed by atoms with E-state index in [9.17, 15) is 0 Å². The van der Waals surface area contributed by atoms with Crippen molar-refractivity contribution in [2.24, 2.45) is 4.99 Å². The summed E-state index contributed by atoms with van der Waals surface area (Å²) in [6.45, 7) is 4.68. The number of guanidine groups is 1. The maximum atomic E-state index is 4.25. The fraction of sp³-hybridized carbons (Fsp3) is 0.400. The van der Waals surface area contributed by atoms with Gasteiger partial charge in [0.05, 0.1) is 6.54 Å². The molecule has 0 aliphatic carbocycles. The minimum absolute atomic E-state index is 0.783. The van der Waals surface area contributed by atoms with Gasteiger partial charge in [0.1, 0.15) is 0 Å². The first-order valence-corrected chi connectivity index (χ1v) is 4.78. The van der Waals surface area contributed by atoms with Gasteiger partial charge >= 0.3 is 0 Å². The first-order chi connectivity index (χ1) is 6.86. The molecule has 0 bridgehead atoms. The molecule has 74 valence electrons. The van der Waals surface area contributed by atoms with E-state index in [0.717, 1.165) is 25.6 Å². The van der Waals surface area contributed by atoms with Crippen LogP contribution in [0.25, 0.3) is 0 Å². The fourth-order valence-electron chi connectivity index (χ4n) is 1.38. The van der Waals surface area contributed by atoms with Crippen molar-refractivity contribution in [1.29, 1.82) is 0 Å². The summed E-state index contributed by atoms with van der Waals surface area (Å²) in [6.07, 6.45) is 3.70. The highest BCUT2D eigenvalue weighted by atomic mass is 15.2. The SMILES string of the molecule is Cc1ccncc1CNC1=NCCN1. The van der Waals surface area contributed by atoms with Crippen molar-refractivity contribution in [2.75, 3.05) is 13.1 Å². The predicted octanol–water partition coefficient (Wildman–Crippen LogP) is 0.439. The summed E-state index contributed by atoms with van der Waals surface area (Å²) in [6, 6.07) is 2.01. The van der Waals surface area contributed by atoms with Crippen molar-refractivity contribution in [1.82, 2.24) is 15.6 Å². The lowest BCUT2D eigenvalue weighted by atomic mass is 10.2. The highest BCUT2D eigenvalue weighted by Gasteiger charge is 2.04. The summed E-state index contributed by atoms with van der Waals surface area (Å²) in [5.41, 5.74) is 2.47. The molecule has 0 saturated carbocycles. The van der Waals surface area contributed by atoms with Crippen LogP contribution in [0.1, 0.15) is 11.1 Å². The average Bonchev–Trinajstić information content (AvgIpc) is 2.69. The largest absolute Gasteiger partial charge is 0.355 e. The van der Waals surface area contributed by atoms with E-state index in [0.29, 0.717) is 0 Å². The molecule has 0 aromatic carbocycles. The molecule has 0 radical (unpaired) electrons. The van der Waals surface area contributed by atoms with Crippen LogP contribution in [0, 0.1) is 6.92 Å². The van der Waals surface area contributed by atoms with Crippen molar-refractivity contribution < 1.29 is 0 Å². The quantitative estimate of drug-likeness (QED) is 0.711. The molecule has 1 aromatic rings. The number of pyridine rings is 1. The lowest BCUT2D eigenvalue weighted by Crippen LogP contribution is -2.33. The molecule has 14 heavy (non-hydrogen) atoms. The molecule has 4 nitrogen and oxygen atoms in total. The Kier molecular flexibility index (Phi) is 2.62. The Balaban J connectivity index is 1.94. The number of hydrogen-bond donors (Lipinski definition) is 2. The maximum Gasteiger partial charge on any atom is 0.191 e. The molecule has 2 N–H and O–H groups in total. The van der Waals surface area contributed by atoms with Gasteiger partial charge in [0.2, 0.25) is 0 Å². The molecular formula is C10H14N4. The van der Waals surface area contributed by atoms with Crippen LogP contribution in [-0.4, -0.2) is 24.0 Å². The van der Waals surface area contributed by atoms with Gasteiger partial charge in [-0.25, -0.2) is 0 Å². The minimum Gasteiger partial charge on any atom is -0.355 e. The highest BCUT2D eigenvalue weighted by Crippen LogP contribution is 2.03. The summed E-state index contributed by atoms with van der Waals surface area (Å²) >= 11 is 0. The number of nitrogens with zero attached hydrogens (tertiary/aromatic N) is 2. The third kappa shape index (κ3) is 2.02. The van der Waals surface area contributed by atoms with E-state index in [1.54, 1.807) is 0 Å². The zero-order chi connectivity index (χ0) is 9.80. The van der Waals surface area contributed by atoms with Crippen LogP contribution in [0.5, 0.6) is 0 Å². The van der Waals surface area contributed by atoms with Crippen molar-refractivity contribution in [3.8, 4) is 0 Å². The Morgan fingerprint density at radius 2 is 2.50 bits per heavy atom. The van der Waals surface area contributed by atoms with Gasteiger partial charge in [-0.05, 0) is 24.1 Å². The number of nitrogens with one attached hydrogen (secondary N) is 2. The second-order valence-electron chi connectivity index (χ2n) is 3.31. The van der Waals surface area contributed by atoms with E-state index in [4.69, 9.17) is 0 Å². The van der Waals surface area contributed by atoms with Crippen LogP contribution in [0.15, 0.2) is 23.5 Å². The molecular weight excluding hydrogens is 176 g/mol. The molecule has 0 saturated heterocycles. The highest BCUT2D eigenvalue weighted by molar-refractivity contribution is 5.81. The third-order valence-electron chi connectivity index (χ3n) is 2.27. The second kappa shape index (κ2) is 4.09. The third-order valence-corrected chi connectivity index (χ3v) is 2.27. The van der Waals surface area contributed by atoms with Gasteiger partial charge in [-0.1, -0.05) is 0 Å². The maximum absolute atomic E-state index is 4.25. The number of aromatic nitrogens is 1. The smallest absolute Gasteiger partial charge is 0.191 e. The zero-order valence-corrected chi connectivity index (χ0v) is 8.25. The van der Waals surface area contributed by atoms with E-state index >= 15 is 0 Å². The van der Waals surface area contributed by atoms with Gasteiger partial charge in [-0.3, -0.25) is 9.98 Å². The normalized spacial score (nSPS) is 14.8. The van der Waals surface area contributed by atoms with Crippen LogP contribution in [0.4, 0.5) is 0 Å². The monoisotopic (exact) mass is 190 g/mol. The second-order valence-corrected chi connectivity index (χ2v) is 3.31.